The highest BCUT2D eigenvalue weighted by Gasteiger charge is 2.27. The maximum atomic E-state index is 12.0. The van der Waals surface area contributed by atoms with Gasteiger partial charge in [-0.3, -0.25) is 4.79 Å². The Kier molecular flexibility index (Phi) is 5.87. The summed E-state index contributed by atoms with van der Waals surface area (Å²) in [6.45, 7) is 1.77. The van der Waals surface area contributed by atoms with Gasteiger partial charge in [-0.05, 0) is 43.1 Å². The fourth-order valence-electron chi connectivity index (χ4n) is 2.34. The first-order valence-corrected chi connectivity index (χ1v) is 7.18. The number of hydrogen-bond acceptors (Lipinski definition) is 5. The fraction of sp³-hybridized carbons (Fsp3) is 0.467. The molecule has 1 N–H and O–H groups in total. The average molecular weight is 290 g/mol. The molecular weight excluding hydrogens is 272 g/mol. The molecule has 0 aromatic heterocycles. The van der Waals surface area contributed by atoms with Crippen molar-refractivity contribution in [2.75, 3.05) is 13.1 Å². The summed E-state index contributed by atoms with van der Waals surface area (Å²) in [5, 5.41) is 5.58. The molecule has 1 fully saturated rings. The zero-order valence-corrected chi connectivity index (χ0v) is 12.1. The van der Waals surface area contributed by atoms with Crippen LogP contribution >= 0.6 is 12.2 Å². The minimum atomic E-state index is -0.238. The zero-order valence-electron chi connectivity index (χ0n) is 11.2. The Hall–Kier alpha value is -1.55. The minimum absolute atomic E-state index is 0.190. The SMILES string of the molecule is O=C(OCc1ccccc1)C1CC(CN=C=S)CCN1. The van der Waals surface area contributed by atoms with Crippen LogP contribution in [0, 0.1) is 5.92 Å². The quantitative estimate of drug-likeness (QED) is 0.513. The second kappa shape index (κ2) is 7.90. The normalized spacial score (nSPS) is 21.8. The maximum Gasteiger partial charge on any atom is 0.323 e. The minimum Gasteiger partial charge on any atom is -0.460 e. The van der Waals surface area contributed by atoms with Crippen molar-refractivity contribution >= 4 is 23.3 Å². The molecule has 1 saturated heterocycles. The lowest BCUT2D eigenvalue weighted by Gasteiger charge is -2.27. The number of carbonyl (C=O) groups is 1. The standard InChI is InChI=1S/C15H18N2O2S/c18-15(19-10-12-4-2-1-3-5-12)14-8-13(6-7-17-14)9-16-11-20/h1-5,13-14,17H,6-10H2. The third kappa shape index (κ3) is 4.53. The number of esters is 1. The van der Waals surface area contributed by atoms with E-state index in [1.54, 1.807) is 0 Å². The predicted octanol–water partition coefficient (Wildman–Crippen LogP) is 2.20. The number of ether oxygens (including phenoxy) is 1. The van der Waals surface area contributed by atoms with Gasteiger partial charge in [0.1, 0.15) is 12.6 Å². The van der Waals surface area contributed by atoms with E-state index in [2.05, 4.69) is 27.7 Å². The van der Waals surface area contributed by atoms with E-state index in [1.165, 1.54) is 0 Å². The number of thiocarbonyl (C=S) groups is 1. The number of rotatable bonds is 5. The predicted molar refractivity (Wildman–Crippen MR) is 80.6 cm³/mol. The third-order valence-corrected chi connectivity index (χ3v) is 3.56. The highest BCUT2D eigenvalue weighted by atomic mass is 32.1. The Morgan fingerprint density at radius 1 is 1.45 bits per heavy atom. The largest absolute Gasteiger partial charge is 0.460 e. The van der Waals surface area contributed by atoms with Crippen LogP contribution in [0.1, 0.15) is 18.4 Å². The smallest absolute Gasteiger partial charge is 0.323 e. The Balaban J connectivity index is 1.81. The lowest BCUT2D eigenvalue weighted by atomic mass is 9.92. The molecule has 0 radical (unpaired) electrons. The van der Waals surface area contributed by atoms with Crippen LogP contribution in [0.2, 0.25) is 0 Å². The van der Waals surface area contributed by atoms with Crippen molar-refractivity contribution in [1.82, 2.24) is 5.32 Å². The molecule has 5 heteroatoms. The number of benzene rings is 1. The number of nitrogens with one attached hydrogen (secondary N) is 1. The van der Waals surface area contributed by atoms with Crippen LogP contribution in [0.15, 0.2) is 35.3 Å². The van der Waals surface area contributed by atoms with Crippen LogP contribution in [0.4, 0.5) is 0 Å². The van der Waals surface area contributed by atoms with Gasteiger partial charge in [-0.25, -0.2) is 4.99 Å². The van der Waals surface area contributed by atoms with E-state index in [4.69, 9.17) is 4.74 Å². The summed E-state index contributed by atoms with van der Waals surface area (Å²) < 4.78 is 5.35. The van der Waals surface area contributed by atoms with E-state index in [-0.39, 0.29) is 12.0 Å². The molecule has 1 aliphatic rings. The van der Waals surface area contributed by atoms with Crippen molar-refractivity contribution in [3.63, 3.8) is 0 Å². The number of isothiocyanates is 1. The van der Waals surface area contributed by atoms with Crippen molar-refractivity contribution in [2.24, 2.45) is 10.9 Å². The van der Waals surface area contributed by atoms with Crippen LogP contribution in [0.25, 0.3) is 0 Å². The summed E-state index contributed by atoms with van der Waals surface area (Å²) in [7, 11) is 0. The Labute approximate surface area is 124 Å². The highest BCUT2D eigenvalue weighted by molar-refractivity contribution is 7.78. The van der Waals surface area contributed by atoms with E-state index in [1.807, 2.05) is 30.3 Å². The Bertz CT molecular complexity index is 486. The van der Waals surface area contributed by atoms with Gasteiger partial charge >= 0.3 is 5.97 Å². The summed E-state index contributed by atoms with van der Waals surface area (Å²) in [5.41, 5.74) is 0.999. The fourth-order valence-corrected chi connectivity index (χ4v) is 2.41. The van der Waals surface area contributed by atoms with E-state index >= 15 is 0 Å². The first kappa shape index (κ1) is 14.9. The summed E-state index contributed by atoms with van der Waals surface area (Å²) in [6.07, 6.45) is 1.75. The molecule has 2 unspecified atom stereocenters. The van der Waals surface area contributed by atoms with Gasteiger partial charge in [-0.15, -0.1) is 0 Å². The van der Waals surface area contributed by atoms with E-state index < -0.39 is 0 Å². The topological polar surface area (TPSA) is 50.7 Å². The third-order valence-electron chi connectivity index (χ3n) is 3.43. The average Bonchev–Trinajstić information content (AvgIpc) is 2.52. The van der Waals surface area contributed by atoms with E-state index in [9.17, 15) is 4.79 Å². The van der Waals surface area contributed by atoms with Gasteiger partial charge < -0.3 is 10.1 Å². The molecule has 1 aromatic carbocycles. The molecule has 1 heterocycles. The Morgan fingerprint density at radius 3 is 3.00 bits per heavy atom. The number of aliphatic imine (C=N–C) groups is 1. The van der Waals surface area contributed by atoms with Gasteiger partial charge in [0.25, 0.3) is 0 Å². The number of nitrogens with zero attached hydrogens (tertiary/aromatic N) is 1. The molecule has 0 spiro atoms. The molecular formula is C15H18N2O2S. The lowest BCUT2D eigenvalue weighted by Crippen LogP contribution is -2.44. The van der Waals surface area contributed by atoms with Gasteiger partial charge in [0.2, 0.25) is 0 Å². The second-order valence-electron chi connectivity index (χ2n) is 4.92. The molecule has 0 aliphatic carbocycles. The highest BCUT2D eigenvalue weighted by Crippen LogP contribution is 2.17. The van der Waals surface area contributed by atoms with Gasteiger partial charge in [-0.2, -0.15) is 0 Å². The maximum absolute atomic E-state index is 12.0. The molecule has 4 nitrogen and oxygen atoms in total. The van der Waals surface area contributed by atoms with E-state index in [0.717, 1.165) is 24.9 Å². The van der Waals surface area contributed by atoms with Crippen LogP contribution in [0.5, 0.6) is 0 Å². The van der Waals surface area contributed by atoms with Gasteiger partial charge in [0.05, 0.1) is 11.7 Å². The van der Waals surface area contributed by atoms with Crippen molar-refractivity contribution < 1.29 is 9.53 Å². The molecule has 0 saturated carbocycles. The molecule has 2 rings (SSSR count). The monoisotopic (exact) mass is 290 g/mol. The van der Waals surface area contributed by atoms with Crippen molar-refractivity contribution in [3.8, 4) is 0 Å². The summed E-state index contributed by atoms with van der Waals surface area (Å²) in [5.74, 6) is 0.186. The lowest BCUT2D eigenvalue weighted by molar-refractivity contribution is -0.148. The zero-order chi connectivity index (χ0) is 14.2. The number of piperidine rings is 1. The van der Waals surface area contributed by atoms with Crippen molar-refractivity contribution in [2.45, 2.75) is 25.5 Å². The number of hydrogen-bond donors (Lipinski definition) is 1. The van der Waals surface area contributed by atoms with Gasteiger partial charge in [0.15, 0.2) is 0 Å². The van der Waals surface area contributed by atoms with Crippen LogP contribution in [-0.2, 0) is 16.1 Å². The molecule has 20 heavy (non-hydrogen) atoms. The molecule has 0 bridgehead atoms. The van der Waals surface area contributed by atoms with Crippen LogP contribution < -0.4 is 5.32 Å². The second-order valence-corrected chi connectivity index (χ2v) is 5.10. The van der Waals surface area contributed by atoms with Crippen LogP contribution in [-0.4, -0.2) is 30.3 Å². The summed E-state index contributed by atoms with van der Waals surface area (Å²) in [4.78, 5) is 16.0. The van der Waals surface area contributed by atoms with Gasteiger partial charge in [-0.1, -0.05) is 30.3 Å². The molecule has 106 valence electrons. The van der Waals surface area contributed by atoms with E-state index in [0.29, 0.717) is 19.1 Å². The first-order chi connectivity index (χ1) is 9.79. The number of carbonyl (C=O) groups excluding carboxylic acids is 1. The molecule has 0 amide bonds. The summed E-state index contributed by atoms with van der Waals surface area (Å²) in [6, 6.07) is 9.45. The molecule has 2 atom stereocenters. The van der Waals surface area contributed by atoms with Crippen molar-refractivity contribution in [1.29, 1.82) is 0 Å². The first-order valence-electron chi connectivity index (χ1n) is 6.77. The van der Waals surface area contributed by atoms with Crippen molar-refractivity contribution in [3.05, 3.63) is 35.9 Å². The summed E-state index contributed by atoms with van der Waals surface area (Å²) >= 11 is 4.57. The van der Waals surface area contributed by atoms with Gasteiger partial charge in [0, 0.05) is 0 Å². The molecule has 1 aromatic rings. The molecule has 1 aliphatic heterocycles. The Morgan fingerprint density at radius 2 is 2.25 bits per heavy atom. The van der Waals surface area contributed by atoms with Crippen LogP contribution in [0.3, 0.4) is 0 Å².